The first kappa shape index (κ1) is 16.8. The van der Waals surface area contributed by atoms with Crippen LogP contribution in [0.4, 0.5) is 0 Å². The molecule has 0 aliphatic carbocycles. The monoisotopic (exact) mass is 260 g/mol. The molecule has 6 nitrogen and oxygen atoms in total. The number of aliphatic hydroxyl groups is 1. The number of rotatable bonds is 5. The summed E-state index contributed by atoms with van der Waals surface area (Å²) in [5.41, 5.74) is 0. The second-order valence-electron chi connectivity index (χ2n) is 3.53. The summed E-state index contributed by atoms with van der Waals surface area (Å²) >= 11 is 0. The van der Waals surface area contributed by atoms with E-state index in [1.807, 2.05) is 16.3 Å². The molecule has 0 aromatic rings. The van der Waals surface area contributed by atoms with Crippen LogP contribution in [-0.2, 0) is 10.1 Å². The Morgan fingerprint density at radius 1 is 1.25 bits per heavy atom. The van der Waals surface area contributed by atoms with Gasteiger partial charge in [0.05, 0.1) is 12.4 Å². The van der Waals surface area contributed by atoms with Gasteiger partial charge in [0.25, 0.3) is 10.1 Å². The fourth-order valence-corrected chi connectivity index (χ4v) is 1.95. The second-order valence-corrected chi connectivity index (χ2v) is 5.10. The molecule has 1 fully saturated rings. The summed E-state index contributed by atoms with van der Waals surface area (Å²) in [5.74, 6) is -0.221. The Morgan fingerprint density at radius 3 is 2.38 bits per heavy atom. The van der Waals surface area contributed by atoms with E-state index in [9.17, 15) is 8.42 Å². The molecule has 2 N–H and O–H groups in total. The van der Waals surface area contributed by atoms with Crippen molar-refractivity contribution in [2.75, 3.05) is 45.1 Å². The first-order valence-electron chi connectivity index (χ1n) is 4.87. The van der Waals surface area contributed by atoms with Crippen LogP contribution < -0.4 is 29.6 Å². The summed E-state index contributed by atoms with van der Waals surface area (Å²) in [5, 5.41) is 8.71. The second kappa shape index (κ2) is 7.99. The number of aliphatic hydroxyl groups excluding tert-OH is 1. The molecule has 0 spiro atoms. The van der Waals surface area contributed by atoms with E-state index in [1.165, 1.54) is 0 Å². The Bertz CT molecular complexity index is 278. The van der Waals surface area contributed by atoms with Crippen LogP contribution in [0.5, 0.6) is 0 Å². The average molecular weight is 260 g/mol. The number of nitrogens with zero attached hydrogens (tertiary/aromatic N) is 2. The summed E-state index contributed by atoms with van der Waals surface area (Å²) in [6.07, 6.45) is 0. The molecule has 0 radical (unpaired) electrons. The fourth-order valence-electron chi connectivity index (χ4n) is 1.46. The molecule has 0 unspecified atom stereocenters. The van der Waals surface area contributed by atoms with E-state index < -0.39 is 10.1 Å². The SMILES string of the molecule is O=S(=O)(O)CCN1C[CH-]N(CCO)CC1.[Na+]. The van der Waals surface area contributed by atoms with Crippen LogP contribution in [0, 0.1) is 6.54 Å². The first-order valence-corrected chi connectivity index (χ1v) is 6.48. The van der Waals surface area contributed by atoms with Crippen LogP contribution in [0.3, 0.4) is 0 Å². The maximum Gasteiger partial charge on any atom is 1.00 e. The number of piperazine rings is 1. The van der Waals surface area contributed by atoms with Gasteiger partial charge in [-0.15, -0.1) is 6.54 Å². The zero-order valence-electron chi connectivity index (χ0n) is 9.54. The molecule has 90 valence electrons. The summed E-state index contributed by atoms with van der Waals surface area (Å²) in [6.45, 7) is 5.23. The standard InChI is InChI=1S/C8H17N2O4S.Na/c11-7-5-9-1-3-10(4-2-9)6-8-15(12,13)14;/h1,11H,2-8H2,(H,12,13,14);/q-1;+1. The third kappa shape index (κ3) is 7.18. The first-order chi connectivity index (χ1) is 7.01. The molecule has 0 aromatic carbocycles. The third-order valence-corrected chi connectivity index (χ3v) is 3.05. The molecule has 8 heteroatoms. The van der Waals surface area contributed by atoms with Crippen molar-refractivity contribution in [1.82, 2.24) is 9.80 Å². The van der Waals surface area contributed by atoms with Gasteiger partial charge < -0.3 is 14.9 Å². The third-order valence-electron chi connectivity index (χ3n) is 2.35. The molecular formula is C8H17N2NaO4S. The predicted molar refractivity (Wildman–Crippen MR) is 55.8 cm³/mol. The van der Waals surface area contributed by atoms with Gasteiger partial charge in [0.15, 0.2) is 0 Å². The summed E-state index contributed by atoms with van der Waals surface area (Å²) in [6, 6.07) is 0. The minimum absolute atomic E-state index is 0. The van der Waals surface area contributed by atoms with E-state index in [-0.39, 0.29) is 41.9 Å². The molecule has 0 aromatic heterocycles. The van der Waals surface area contributed by atoms with Crippen molar-refractivity contribution in [3.8, 4) is 0 Å². The topological polar surface area (TPSA) is 81.1 Å². The van der Waals surface area contributed by atoms with Gasteiger partial charge in [-0.25, -0.2) is 0 Å². The number of hydrogen-bond acceptors (Lipinski definition) is 5. The molecule has 0 amide bonds. The summed E-state index contributed by atoms with van der Waals surface area (Å²) < 4.78 is 29.6. The molecule has 0 saturated carbocycles. The van der Waals surface area contributed by atoms with Gasteiger partial charge in [-0.2, -0.15) is 8.42 Å². The molecule has 1 aliphatic rings. The van der Waals surface area contributed by atoms with Crippen LogP contribution >= 0.6 is 0 Å². The molecule has 16 heavy (non-hydrogen) atoms. The van der Waals surface area contributed by atoms with Crippen molar-refractivity contribution < 1.29 is 47.6 Å². The molecular weight excluding hydrogens is 243 g/mol. The van der Waals surface area contributed by atoms with Gasteiger partial charge in [-0.05, 0) is 13.1 Å². The number of β-amino-alcohol motifs (C(OH)–C–C–N with tert-alkyl or cyclic N) is 1. The van der Waals surface area contributed by atoms with Crippen molar-refractivity contribution in [2.45, 2.75) is 0 Å². The molecule has 1 rings (SSSR count). The maximum absolute atomic E-state index is 10.5. The van der Waals surface area contributed by atoms with Crippen molar-refractivity contribution in [2.24, 2.45) is 0 Å². The van der Waals surface area contributed by atoms with E-state index in [0.717, 1.165) is 13.1 Å². The zero-order valence-corrected chi connectivity index (χ0v) is 12.4. The molecule has 1 heterocycles. The van der Waals surface area contributed by atoms with Crippen molar-refractivity contribution in [1.29, 1.82) is 0 Å². The Balaban J connectivity index is 0.00000225. The maximum atomic E-state index is 10.5. The quantitative estimate of drug-likeness (QED) is 0.295. The van der Waals surface area contributed by atoms with Crippen LogP contribution in [0.2, 0.25) is 0 Å². The van der Waals surface area contributed by atoms with Crippen molar-refractivity contribution in [3.63, 3.8) is 0 Å². The average Bonchev–Trinajstić information content (AvgIpc) is 2.16. The smallest absolute Gasteiger partial charge is 0.452 e. The fraction of sp³-hybridized carbons (Fsp3) is 0.875. The molecule has 0 atom stereocenters. The molecule has 1 saturated heterocycles. The van der Waals surface area contributed by atoms with Gasteiger partial charge in [0.2, 0.25) is 0 Å². The minimum Gasteiger partial charge on any atom is -0.452 e. The van der Waals surface area contributed by atoms with Gasteiger partial charge in [-0.3, -0.25) is 11.1 Å². The molecule has 1 aliphatic heterocycles. The van der Waals surface area contributed by atoms with Gasteiger partial charge in [0.1, 0.15) is 0 Å². The van der Waals surface area contributed by atoms with Crippen molar-refractivity contribution in [3.05, 3.63) is 6.54 Å². The Kier molecular flexibility index (Phi) is 8.39. The Hall–Kier alpha value is 0.790. The predicted octanol–water partition coefficient (Wildman–Crippen LogP) is -4.35. The van der Waals surface area contributed by atoms with Crippen LogP contribution in [0.1, 0.15) is 0 Å². The van der Waals surface area contributed by atoms with E-state index in [1.54, 1.807) is 0 Å². The summed E-state index contributed by atoms with van der Waals surface area (Å²) in [4.78, 5) is 3.95. The summed E-state index contributed by atoms with van der Waals surface area (Å²) in [7, 11) is -3.86. The van der Waals surface area contributed by atoms with Crippen LogP contribution in [0.25, 0.3) is 0 Å². The van der Waals surface area contributed by atoms with Gasteiger partial charge in [0, 0.05) is 13.1 Å². The Labute approximate surface area is 119 Å². The minimum atomic E-state index is -3.86. The van der Waals surface area contributed by atoms with Crippen LogP contribution in [0.15, 0.2) is 0 Å². The van der Waals surface area contributed by atoms with Crippen molar-refractivity contribution >= 4 is 10.1 Å². The van der Waals surface area contributed by atoms with Gasteiger partial charge >= 0.3 is 29.6 Å². The number of hydrogen-bond donors (Lipinski definition) is 2. The molecule has 0 bridgehead atoms. The van der Waals surface area contributed by atoms with E-state index in [0.29, 0.717) is 19.6 Å². The van der Waals surface area contributed by atoms with Crippen LogP contribution in [-0.4, -0.2) is 73.0 Å². The van der Waals surface area contributed by atoms with E-state index in [2.05, 4.69) is 0 Å². The van der Waals surface area contributed by atoms with E-state index in [4.69, 9.17) is 9.66 Å². The largest absolute Gasteiger partial charge is 1.00 e. The zero-order chi connectivity index (χ0) is 11.3. The van der Waals surface area contributed by atoms with E-state index >= 15 is 0 Å². The van der Waals surface area contributed by atoms with Gasteiger partial charge in [-0.1, -0.05) is 0 Å². The normalized spacial score (nSPS) is 19.4. The Morgan fingerprint density at radius 2 is 1.94 bits per heavy atom.